The number of hydrogen-bond acceptors (Lipinski definition) is 3. The van der Waals surface area contributed by atoms with E-state index >= 15 is 0 Å². The Bertz CT molecular complexity index is 726. The van der Waals surface area contributed by atoms with Gasteiger partial charge in [0.25, 0.3) is 0 Å². The highest BCUT2D eigenvalue weighted by Gasteiger charge is 2.08. The summed E-state index contributed by atoms with van der Waals surface area (Å²) in [5.41, 5.74) is 0.887. The molecule has 1 aromatic carbocycles. The zero-order valence-corrected chi connectivity index (χ0v) is 11.4. The number of benzene rings is 1. The Labute approximate surface area is 119 Å². The van der Waals surface area contributed by atoms with Gasteiger partial charge in [0.2, 0.25) is 0 Å². The van der Waals surface area contributed by atoms with Gasteiger partial charge in [-0.3, -0.25) is 4.98 Å². The molecule has 3 aromatic rings. The monoisotopic (exact) mass is 290 g/mol. The first kappa shape index (κ1) is 13.0. The van der Waals surface area contributed by atoms with Crippen LogP contribution in [-0.4, -0.2) is 11.5 Å². The van der Waals surface area contributed by atoms with Crippen molar-refractivity contribution < 1.29 is 8.78 Å². The molecule has 0 aliphatic carbocycles. The summed E-state index contributed by atoms with van der Waals surface area (Å²) in [5.74, 6) is -1.23. The van der Waals surface area contributed by atoms with E-state index in [1.165, 1.54) is 17.1 Å². The Kier molecular flexibility index (Phi) is 3.60. The molecule has 0 saturated heterocycles. The quantitative estimate of drug-likeness (QED) is 0.778. The van der Waals surface area contributed by atoms with Gasteiger partial charge in [0, 0.05) is 34.8 Å². The summed E-state index contributed by atoms with van der Waals surface area (Å²) in [4.78, 5) is 5.23. The zero-order chi connectivity index (χ0) is 13.9. The average molecular weight is 290 g/mol. The maximum Gasteiger partial charge on any atom is 0.152 e. The molecule has 1 N–H and O–H groups in total. The van der Waals surface area contributed by atoms with Crippen LogP contribution in [0.15, 0.2) is 41.9 Å². The fourth-order valence-corrected chi connectivity index (χ4v) is 2.82. The van der Waals surface area contributed by atoms with Crippen molar-refractivity contribution in [1.29, 1.82) is 0 Å². The number of thiophene rings is 1. The number of aromatic nitrogens is 1. The Morgan fingerprint density at radius 3 is 2.90 bits per heavy atom. The molecule has 0 amide bonds. The average Bonchev–Trinajstić information content (AvgIpc) is 2.92. The Morgan fingerprint density at radius 1 is 1.20 bits per heavy atom. The van der Waals surface area contributed by atoms with E-state index in [-0.39, 0.29) is 5.52 Å². The minimum atomic E-state index is -0.637. The van der Waals surface area contributed by atoms with Gasteiger partial charge in [-0.2, -0.15) is 0 Å². The number of fused-ring (bicyclic) bond motifs is 1. The third-order valence-electron chi connectivity index (χ3n) is 3.03. The maximum absolute atomic E-state index is 13.6. The van der Waals surface area contributed by atoms with Gasteiger partial charge in [0.05, 0.1) is 0 Å². The normalized spacial score (nSPS) is 10.9. The van der Waals surface area contributed by atoms with Gasteiger partial charge in [-0.05, 0) is 30.0 Å². The molecule has 0 aliphatic heterocycles. The zero-order valence-electron chi connectivity index (χ0n) is 10.6. The Balaban J connectivity index is 1.84. The van der Waals surface area contributed by atoms with Crippen LogP contribution in [0.1, 0.15) is 4.88 Å². The molecule has 2 heterocycles. The molecular formula is C15H12F2N2S. The van der Waals surface area contributed by atoms with Crippen LogP contribution in [-0.2, 0) is 6.42 Å². The smallest absolute Gasteiger partial charge is 0.152 e. The molecule has 2 nitrogen and oxygen atoms in total. The van der Waals surface area contributed by atoms with Gasteiger partial charge in [-0.25, -0.2) is 8.78 Å². The molecule has 0 saturated carbocycles. The van der Waals surface area contributed by atoms with E-state index in [9.17, 15) is 8.78 Å². The largest absolute Gasteiger partial charge is 0.384 e. The number of hydrogen-bond donors (Lipinski definition) is 1. The van der Waals surface area contributed by atoms with E-state index < -0.39 is 11.6 Å². The molecular weight excluding hydrogens is 278 g/mol. The van der Waals surface area contributed by atoms with Gasteiger partial charge >= 0.3 is 0 Å². The van der Waals surface area contributed by atoms with Crippen LogP contribution in [0.3, 0.4) is 0 Å². The molecule has 0 aliphatic rings. The van der Waals surface area contributed by atoms with Crippen molar-refractivity contribution >= 4 is 27.9 Å². The highest BCUT2D eigenvalue weighted by atomic mass is 32.1. The number of nitrogens with one attached hydrogen (secondary N) is 1. The van der Waals surface area contributed by atoms with E-state index in [0.29, 0.717) is 17.6 Å². The first-order valence-corrected chi connectivity index (χ1v) is 7.12. The van der Waals surface area contributed by atoms with Crippen molar-refractivity contribution in [3.05, 3.63) is 58.4 Å². The third-order valence-corrected chi connectivity index (χ3v) is 3.97. The predicted molar refractivity (Wildman–Crippen MR) is 78.2 cm³/mol. The Hall–Kier alpha value is -2.01. The van der Waals surface area contributed by atoms with Gasteiger partial charge in [0.15, 0.2) is 5.82 Å². The second-order valence-corrected chi connectivity index (χ2v) is 5.43. The molecule has 20 heavy (non-hydrogen) atoms. The first-order valence-electron chi connectivity index (χ1n) is 6.24. The van der Waals surface area contributed by atoms with Crippen molar-refractivity contribution in [3.8, 4) is 0 Å². The fourth-order valence-electron chi connectivity index (χ4n) is 2.11. The molecule has 0 spiro atoms. The van der Waals surface area contributed by atoms with Gasteiger partial charge in [-0.15, -0.1) is 11.3 Å². The molecule has 0 atom stereocenters. The maximum atomic E-state index is 13.6. The van der Waals surface area contributed by atoms with Crippen molar-refractivity contribution in [1.82, 2.24) is 4.98 Å². The van der Waals surface area contributed by atoms with E-state index in [1.807, 2.05) is 11.4 Å². The third kappa shape index (κ3) is 2.63. The number of anilines is 1. The fraction of sp³-hybridized carbons (Fsp3) is 0.133. The topological polar surface area (TPSA) is 24.9 Å². The van der Waals surface area contributed by atoms with Crippen LogP contribution in [0, 0.1) is 11.6 Å². The summed E-state index contributed by atoms with van der Waals surface area (Å²) in [6, 6.07) is 7.96. The molecule has 5 heteroatoms. The minimum Gasteiger partial charge on any atom is -0.384 e. The molecule has 3 rings (SSSR count). The summed E-state index contributed by atoms with van der Waals surface area (Å²) in [5, 5.41) is 5.71. The minimum absolute atomic E-state index is 0.188. The van der Waals surface area contributed by atoms with Crippen LogP contribution < -0.4 is 5.32 Å². The lowest BCUT2D eigenvalue weighted by atomic mass is 10.1. The lowest BCUT2D eigenvalue weighted by molar-refractivity contribution is 0.590. The number of rotatable bonds is 4. The number of halogens is 2. The summed E-state index contributed by atoms with van der Waals surface area (Å²) in [7, 11) is 0. The number of nitrogens with zero attached hydrogens (tertiary/aromatic N) is 1. The second-order valence-electron chi connectivity index (χ2n) is 4.40. The molecule has 0 unspecified atom stereocenters. The lowest BCUT2D eigenvalue weighted by Gasteiger charge is -2.09. The van der Waals surface area contributed by atoms with Crippen molar-refractivity contribution in [2.24, 2.45) is 0 Å². The van der Waals surface area contributed by atoms with E-state index in [4.69, 9.17) is 0 Å². The van der Waals surface area contributed by atoms with Crippen LogP contribution in [0.25, 0.3) is 10.9 Å². The van der Waals surface area contributed by atoms with E-state index in [0.717, 1.165) is 12.5 Å². The summed E-state index contributed by atoms with van der Waals surface area (Å²) < 4.78 is 27.0. The van der Waals surface area contributed by atoms with Crippen molar-refractivity contribution in [3.63, 3.8) is 0 Å². The summed E-state index contributed by atoms with van der Waals surface area (Å²) in [6.07, 6.45) is 2.40. The highest BCUT2D eigenvalue weighted by molar-refractivity contribution is 7.09. The van der Waals surface area contributed by atoms with Crippen LogP contribution in [0.5, 0.6) is 0 Å². The summed E-state index contributed by atoms with van der Waals surface area (Å²) >= 11 is 1.69. The van der Waals surface area contributed by atoms with Crippen LogP contribution in [0.2, 0.25) is 0 Å². The summed E-state index contributed by atoms with van der Waals surface area (Å²) in [6.45, 7) is 0.706. The molecule has 0 radical (unpaired) electrons. The standard InChI is InChI=1S/C15H12F2N2S/c16-10-8-12-14(4-6-19-15(12)13(17)9-10)18-5-3-11-2-1-7-20-11/h1-2,4,6-9H,3,5H2,(H,18,19). The SMILES string of the molecule is Fc1cc(F)c2nccc(NCCc3cccs3)c2c1. The molecule has 0 fully saturated rings. The van der Waals surface area contributed by atoms with E-state index in [2.05, 4.69) is 16.4 Å². The van der Waals surface area contributed by atoms with Gasteiger partial charge in [-0.1, -0.05) is 6.07 Å². The van der Waals surface area contributed by atoms with Gasteiger partial charge < -0.3 is 5.32 Å². The molecule has 0 bridgehead atoms. The molecule has 2 aromatic heterocycles. The Morgan fingerprint density at radius 2 is 2.10 bits per heavy atom. The number of pyridine rings is 1. The lowest BCUT2D eigenvalue weighted by Crippen LogP contribution is -2.05. The first-order chi connectivity index (χ1) is 9.74. The molecule has 102 valence electrons. The van der Waals surface area contributed by atoms with Crippen LogP contribution >= 0.6 is 11.3 Å². The second kappa shape index (κ2) is 5.54. The van der Waals surface area contributed by atoms with Crippen LogP contribution in [0.4, 0.5) is 14.5 Å². The van der Waals surface area contributed by atoms with Crippen molar-refractivity contribution in [2.75, 3.05) is 11.9 Å². The van der Waals surface area contributed by atoms with E-state index in [1.54, 1.807) is 17.4 Å². The van der Waals surface area contributed by atoms with Crippen molar-refractivity contribution in [2.45, 2.75) is 6.42 Å². The predicted octanol–water partition coefficient (Wildman–Crippen LogP) is 4.23. The highest BCUT2D eigenvalue weighted by Crippen LogP contribution is 2.25. The van der Waals surface area contributed by atoms with Gasteiger partial charge in [0.1, 0.15) is 11.3 Å².